The molecule has 0 aromatic rings. The molecular weight excluding hydrogens is 162 g/mol. The molecule has 4 unspecified atom stereocenters. The number of rotatable bonds is 3. The zero-order valence-electron chi connectivity index (χ0n) is 9.12. The van der Waals surface area contributed by atoms with Gasteiger partial charge in [0.1, 0.15) is 0 Å². The van der Waals surface area contributed by atoms with Gasteiger partial charge in [-0.3, -0.25) is 0 Å². The van der Waals surface area contributed by atoms with Gasteiger partial charge in [0.05, 0.1) is 12.7 Å². The van der Waals surface area contributed by atoms with E-state index in [0.717, 1.165) is 11.8 Å². The van der Waals surface area contributed by atoms with E-state index in [1.807, 2.05) is 6.92 Å². The summed E-state index contributed by atoms with van der Waals surface area (Å²) in [5, 5.41) is 0. The average molecular weight is 185 g/mol. The summed E-state index contributed by atoms with van der Waals surface area (Å²) in [4.78, 5) is 0. The van der Waals surface area contributed by atoms with Crippen molar-refractivity contribution in [2.24, 2.45) is 17.6 Å². The summed E-state index contributed by atoms with van der Waals surface area (Å²) >= 11 is 0. The van der Waals surface area contributed by atoms with Crippen LogP contribution in [0.4, 0.5) is 0 Å². The quantitative estimate of drug-likeness (QED) is 0.731. The summed E-state index contributed by atoms with van der Waals surface area (Å²) in [6.45, 7) is 7.37. The highest BCUT2D eigenvalue weighted by Crippen LogP contribution is 2.30. The Morgan fingerprint density at radius 3 is 2.54 bits per heavy atom. The number of nitrogens with two attached hydrogens (primary N) is 1. The van der Waals surface area contributed by atoms with E-state index in [-0.39, 0.29) is 6.04 Å². The predicted molar refractivity (Wildman–Crippen MR) is 55.6 cm³/mol. The van der Waals surface area contributed by atoms with E-state index >= 15 is 0 Å². The lowest BCUT2D eigenvalue weighted by molar-refractivity contribution is -0.00171. The molecule has 1 fully saturated rings. The van der Waals surface area contributed by atoms with E-state index in [9.17, 15) is 0 Å². The van der Waals surface area contributed by atoms with Crippen LogP contribution in [0.25, 0.3) is 0 Å². The van der Waals surface area contributed by atoms with E-state index in [1.54, 1.807) is 0 Å². The van der Waals surface area contributed by atoms with Crippen molar-refractivity contribution in [3.63, 3.8) is 0 Å². The largest absolute Gasteiger partial charge is 0.377 e. The molecule has 0 aromatic carbocycles. The Morgan fingerprint density at radius 2 is 2.00 bits per heavy atom. The van der Waals surface area contributed by atoms with Crippen molar-refractivity contribution in [3.05, 3.63) is 0 Å². The smallest absolute Gasteiger partial charge is 0.0618 e. The molecule has 13 heavy (non-hydrogen) atoms. The predicted octanol–water partition coefficient (Wildman–Crippen LogP) is 2.17. The molecule has 1 aliphatic carbocycles. The van der Waals surface area contributed by atoms with Crippen molar-refractivity contribution < 1.29 is 4.74 Å². The van der Waals surface area contributed by atoms with Gasteiger partial charge < -0.3 is 10.5 Å². The van der Waals surface area contributed by atoms with Crippen molar-refractivity contribution in [3.8, 4) is 0 Å². The van der Waals surface area contributed by atoms with Gasteiger partial charge in [0.25, 0.3) is 0 Å². The fraction of sp³-hybridized carbons (Fsp3) is 1.00. The molecule has 0 aromatic heterocycles. The van der Waals surface area contributed by atoms with Crippen molar-refractivity contribution in [2.75, 3.05) is 6.61 Å². The van der Waals surface area contributed by atoms with Crippen molar-refractivity contribution >= 4 is 0 Å². The van der Waals surface area contributed by atoms with Gasteiger partial charge in [0.2, 0.25) is 0 Å². The summed E-state index contributed by atoms with van der Waals surface area (Å²) in [5.74, 6) is 1.68. The van der Waals surface area contributed by atoms with Gasteiger partial charge >= 0.3 is 0 Å². The zero-order valence-corrected chi connectivity index (χ0v) is 9.12. The molecule has 2 N–H and O–H groups in total. The van der Waals surface area contributed by atoms with Crippen LogP contribution in [0.15, 0.2) is 0 Å². The first-order valence-electron chi connectivity index (χ1n) is 5.46. The summed E-state index contributed by atoms with van der Waals surface area (Å²) in [6.07, 6.45) is 4.22. The van der Waals surface area contributed by atoms with E-state index in [1.165, 1.54) is 19.3 Å². The maximum absolute atomic E-state index is 5.74. The van der Waals surface area contributed by atoms with E-state index in [2.05, 4.69) is 13.8 Å². The van der Waals surface area contributed by atoms with E-state index in [4.69, 9.17) is 10.5 Å². The van der Waals surface area contributed by atoms with Gasteiger partial charge in [-0.2, -0.15) is 0 Å². The molecule has 2 nitrogen and oxygen atoms in total. The minimum absolute atomic E-state index is 0.176. The second-order valence-electron chi connectivity index (χ2n) is 4.70. The Kier molecular flexibility index (Phi) is 4.20. The van der Waals surface area contributed by atoms with Gasteiger partial charge in [-0.1, -0.05) is 13.8 Å². The third-order valence-electron chi connectivity index (χ3n) is 3.14. The third-order valence-corrected chi connectivity index (χ3v) is 3.14. The van der Waals surface area contributed by atoms with Gasteiger partial charge in [-0.05, 0) is 38.0 Å². The average Bonchev–Trinajstić information content (AvgIpc) is 2.07. The molecule has 0 radical (unpaired) electrons. The van der Waals surface area contributed by atoms with Crippen LogP contribution in [0.2, 0.25) is 0 Å². The molecule has 1 aliphatic rings. The molecule has 1 rings (SSSR count). The lowest BCUT2D eigenvalue weighted by Crippen LogP contribution is -2.31. The Balaban J connectivity index is 2.21. The summed E-state index contributed by atoms with van der Waals surface area (Å²) in [6, 6.07) is 0.176. The van der Waals surface area contributed by atoms with Crippen LogP contribution in [-0.2, 0) is 4.74 Å². The molecule has 0 bridgehead atoms. The molecule has 0 heterocycles. The topological polar surface area (TPSA) is 35.2 Å². The highest BCUT2D eigenvalue weighted by Gasteiger charge is 2.24. The maximum Gasteiger partial charge on any atom is 0.0618 e. The lowest BCUT2D eigenvalue weighted by atomic mass is 9.80. The van der Waals surface area contributed by atoms with E-state index < -0.39 is 0 Å². The first-order chi connectivity index (χ1) is 6.09. The zero-order chi connectivity index (χ0) is 9.84. The number of hydrogen-bond donors (Lipinski definition) is 1. The highest BCUT2D eigenvalue weighted by molar-refractivity contribution is 4.75. The first kappa shape index (κ1) is 11.0. The number of ether oxygens (including phenoxy) is 1. The summed E-state index contributed by atoms with van der Waals surface area (Å²) in [5.41, 5.74) is 5.65. The SMILES string of the molecule is CC(N)COC1CCC(C)C(C)C1. The monoisotopic (exact) mass is 185 g/mol. The minimum Gasteiger partial charge on any atom is -0.377 e. The normalized spacial score (nSPS) is 37.4. The molecule has 4 atom stereocenters. The van der Waals surface area contributed by atoms with Gasteiger partial charge in [0, 0.05) is 6.04 Å². The Labute approximate surface area is 81.8 Å². The Bertz CT molecular complexity index is 147. The summed E-state index contributed by atoms with van der Waals surface area (Å²) < 4.78 is 5.74. The second-order valence-corrected chi connectivity index (χ2v) is 4.70. The molecule has 0 amide bonds. The van der Waals surface area contributed by atoms with Crippen LogP contribution in [0.3, 0.4) is 0 Å². The third kappa shape index (κ3) is 3.65. The minimum atomic E-state index is 0.176. The van der Waals surface area contributed by atoms with Gasteiger partial charge in [-0.15, -0.1) is 0 Å². The second kappa shape index (κ2) is 4.97. The van der Waals surface area contributed by atoms with Gasteiger partial charge in [-0.25, -0.2) is 0 Å². The lowest BCUT2D eigenvalue weighted by Gasteiger charge is -2.32. The Morgan fingerprint density at radius 1 is 1.31 bits per heavy atom. The maximum atomic E-state index is 5.74. The fourth-order valence-corrected chi connectivity index (χ4v) is 1.94. The molecule has 2 heteroatoms. The molecule has 0 aliphatic heterocycles. The molecular formula is C11H23NO. The molecule has 0 saturated heterocycles. The van der Waals surface area contributed by atoms with Crippen LogP contribution in [-0.4, -0.2) is 18.8 Å². The van der Waals surface area contributed by atoms with Crippen molar-refractivity contribution in [1.29, 1.82) is 0 Å². The fourth-order valence-electron chi connectivity index (χ4n) is 1.94. The van der Waals surface area contributed by atoms with Crippen LogP contribution >= 0.6 is 0 Å². The highest BCUT2D eigenvalue weighted by atomic mass is 16.5. The van der Waals surface area contributed by atoms with Gasteiger partial charge in [0.15, 0.2) is 0 Å². The van der Waals surface area contributed by atoms with E-state index in [0.29, 0.717) is 12.7 Å². The molecule has 78 valence electrons. The van der Waals surface area contributed by atoms with Crippen LogP contribution in [0, 0.1) is 11.8 Å². The summed E-state index contributed by atoms with van der Waals surface area (Å²) in [7, 11) is 0. The first-order valence-corrected chi connectivity index (χ1v) is 5.46. The Hall–Kier alpha value is -0.0800. The number of hydrogen-bond acceptors (Lipinski definition) is 2. The van der Waals surface area contributed by atoms with Crippen LogP contribution in [0.1, 0.15) is 40.0 Å². The molecule has 1 saturated carbocycles. The van der Waals surface area contributed by atoms with Crippen molar-refractivity contribution in [1.82, 2.24) is 0 Å². The van der Waals surface area contributed by atoms with Crippen LogP contribution in [0.5, 0.6) is 0 Å². The standard InChI is InChI=1S/C11H23NO/c1-8-4-5-11(6-9(8)2)13-7-10(3)12/h8-11H,4-7,12H2,1-3H3. The van der Waals surface area contributed by atoms with Crippen LogP contribution < -0.4 is 5.73 Å². The molecule has 0 spiro atoms. The van der Waals surface area contributed by atoms with Crippen molar-refractivity contribution in [2.45, 2.75) is 52.2 Å².